The SMILES string of the molecule is COc1ccc(/C(O)=C2\C(=O)C(=O)N(CCCN3CCOCC3)[C@@H]2c2cc(OC)c(OC)c(OC)c2)c(C)c1. The zero-order chi connectivity index (χ0) is 28.1. The predicted octanol–water partition coefficient (Wildman–Crippen LogP) is 3.17. The van der Waals surface area contributed by atoms with Gasteiger partial charge in [0.25, 0.3) is 11.7 Å². The number of rotatable bonds is 10. The first-order chi connectivity index (χ1) is 18.8. The van der Waals surface area contributed by atoms with Crippen molar-refractivity contribution in [2.45, 2.75) is 19.4 Å². The number of hydrogen-bond acceptors (Lipinski definition) is 9. The summed E-state index contributed by atoms with van der Waals surface area (Å²) in [4.78, 5) is 30.7. The third-order valence-electron chi connectivity index (χ3n) is 7.21. The molecule has 1 N–H and O–H groups in total. The number of aliphatic hydroxyl groups is 1. The van der Waals surface area contributed by atoms with Crippen molar-refractivity contribution >= 4 is 17.4 Å². The Bertz CT molecular complexity index is 1230. The van der Waals surface area contributed by atoms with Crippen LogP contribution in [0.2, 0.25) is 0 Å². The highest BCUT2D eigenvalue weighted by Crippen LogP contribution is 2.46. The molecule has 0 radical (unpaired) electrons. The van der Waals surface area contributed by atoms with Gasteiger partial charge >= 0.3 is 0 Å². The predicted molar refractivity (Wildman–Crippen MR) is 145 cm³/mol. The molecule has 2 fully saturated rings. The van der Waals surface area contributed by atoms with Crippen LogP contribution in [0.15, 0.2) is 35.9 Å². The van der Waals surface area contributed by atoms with Crippen LogP contribution in [0.25, 0.3) is 5.76 Å². The molecule has 2 aliphatic rings. The molecule has 0 aromatic heterocycles. The first-order valence-electron chi connectivity index (χ1n) is 12.9. The van der Waals surface area contributed by atoms with Gasteiger partial charge in [-0.15, -0.1) is 0 Å². The molecule has 10 heteroatoms. The van der Waals surface area contributed by atoms with Gasteiger partial charge in [0.05, 0.1) is 53.3 Å². The number of nitrogens with zero attached hydrogens (tertiary/aromatic N) is 2. The Hall–Kier alpha value is -3.76. The van der Waals surface area contributed by atoms with Crippen molar-refractivity contribution < 1.29 is 38.4 Å². The number of ketones is 1. The van der Waals surface area contributed by atoms with Crippen molar-refractivity contribution in [2.24, 2.45) is 0 Å². The zero-order valence-corrected chi connectivity index (χ0v) is 23.1. The fourth-order valence-electron chi connectivity index (χ4n) is 5.18. The van der Waals surface area contributed by atoms with Gasteiger partial charge in [-0.05, 0) is 54.8 Å². The number of carbonyl (C=O) groups is 2. The van der Waals surface area contributed by atoms with Crippen LogP contribution in [-0.4, -0.2) is 94.4 Å². The smallest absolute Gasteiger partial charge is 0.295 e. The van der Waals surface area contributed by atoms with Gasteiger partial charge in [0.1, 0.15) is 11.5 Å². The standard InChI is InChI=1S/C29H36N2O8/c1-18-15-20(35-2)7-8-21(18)26(32)24-25(19-16-22(36-3)28(38-5)23(17-19)37-4)31(29(34)27(24)33)10-6-9-30-11-13-39-14-12-30/h7-8,15-17,25,32H,6,9-14H2,1-5H3/b26-24+/t25-/m1/s1. The second-order valence-electron chi connectivity index (χ2n) is 9.44. The van der Waals surface area contributed by atoms with Crippen molar-refractivity contribution in [3.8, 4) is 23.0 Å². The van der Waals surface area contributed by atoms with Gasteiger partial charge in [-0.2, -0.15) is 0 Å². The fourth-order valence-corrected chi connectivity index (χ4v) is 5.18. The molecule has 10 nitrogen and oxygen atoms in total. The molecule has 1 atom stereocenters. The van der Waals surface area contributed by atoms with Crippen LogP contribution in [-0.2, 0) is 14.3 Å². The Morgan fingerprint density at radius 1 is 0.949 bits per heavy atom. The van der Waals surface area contributed by atoms with E-state index in [1.165, 1.54) is 26.2 Å². The van der Waals surface area contributed by atoms with E-state index in [9.17, 15) is 14.7 Å². The molecule has 2 aromatic carbocycles. The molecule has 0 bridgehead atoms. The van der Waals surface area contributed by atoms with Gasteiger partial charge in [-0.1, -0.05) is 0 Å². The van der Waals surface area contributed by atoms with E-state index in [2.05, 4.69) is 4.90 Å². The zero-order valence-electron chi connectivity index (χ0n) is 23.1. The van der Waals surface area contributed by atoms with Gasteiger partial charge in [-0.25, -0.2) is 0 Å². The third-order valence-corrected chi connectivity index (χ3v) is 7.21. The lowest BCUT2D eigenvalue weighted by molar-refractivity contribution is -0.140. The number of methoxy groups -OCH3 is 4. The number of Topliss-reactive ketones (excluding diaryl/α,β-unsaturated/α-hetero) is 1. The van der Waals surface area contributed by atoms with Crippen molar-refractivity contribution in [3.63, 3.8) is 0 Å². The largest absolute Gasteiger partial charge is 0.507 e. The first kappa shape index (κ1) is 28.3. The Morgan fingerprint density at radius 3 is 2.18 bits per heavy atom. The first-order valence-corrected chi connectivity index (χ1v) is 12.9. The van der Waals surface area contributed by atoms with Gasteiger partial charge in [-0.3, -0.25) is 14.5 Å². The van der Waals surface area contributed by atoms with Crippen molar-refractivity contribution in [2.75, 3.05) is 67.8 Å². The molecule has 0 saturated carbocycles. The number of hydrogen-bond donors (Lipinski definition) is 1. The van der Waals surface area contributed by atoms with Gasteiger partial charge in [0, 0.05) is 31.7 Å². The molecule has 39 heavy (non-hydrogen) atoms. The monoisotopic (exact) mass is 540 g/mol. The van der Waals surface area contributed by atoms with Crippen LogP contribution in [0.4, 0.5) is 0 Å². The van der Waals surface area contributed by atoms with E-state index >= 15 is 0 Å². The number of aliphatic hydroxyl groups excluding tert-OH is 1. The minimum absolute atomic E-state index is 0.00825. The van der Waals surface area contributed by atoms with E-state index in [0.717, 1.165) is 19.6 Å². The lowest BCUT2D eigenvalue weighted by Gasteiger charge is -2.29. The van der Waals surface area contributed by atoms with E-state index in [1.807, 2.05) is 6.92 Å². The molecule has 2 saturated heterocycles. The molecule has 210 valence electrons. The minimum atomic E-state index is -0.857. The lowest BCUT2D eigenvalue weighted by atomic mass is 9.93. The van der Waals surface area contributed by atoms with Gasteiger partial charge in [0.2, 0.25) is 5.75 Å². The Labute approximate surface area is 228 Å². The topological polar surface area (TPSA) is 107 Å². The van der Waals surface area contributed by atoms with Crippen LogP contribution in [0.1, 0.15) is 29.2 Å². The van der Waals surface area contributed by atoms with Crippen molar-refractivity contribution in [3.05, 3.63) is 52.6 Å². The summed E-state index contributed by atoms with van der Waals surface area (Å²) in [5.41, 5.74) is 1.71. The molecule has 2 aromatic rings. The molecule has 0 spiro atoms. The van der Waals surface area contributed by atoms with Crippen LogP contribution in [0, 0.1) is 6.92 Å². The summed E-state index contributed by atoms with van der Waals surface area (Å²) in [6, 6.07) is 7.71. The van der Waals surface area contributed by atoms with Crippen molar-refractivity contribution in [1.82, 2.24) is 9.80 Å². The summed E-state index contributed by atoms with van der Waals surface area (Å²) < 4.78 is 27.3. The molecule has 2 aliphatic heterocycles. The minimum Gasteiger partial charge on any atom is -0.507 e. The van der Waals surface area contributed by atoms with Crippen LogP contribution < -0.4 is 18.9 Å². The Balaban J connectivity index is 1.80. The summed E-state index contributed by atoms with van der Waals surface area (Å²) in [6.07, 6.45) is 0.648. The maximum atomic E-state index is 13.5. The highest BCUT2D eigenvalue weighted by Gasteiger charge is 2.46. The number of benzene rings is 2. The number of carbonyl (C=O) groups excluding carboxylic acids is 2. The third kappa shape index (κ3) is 5.67. The molecular weight excluding hydrogens is 504 g/mol. The van der Waals surface area contributed by atoms with E-state index in [4.69, 9.17) is 23.7 Å². The quantitative estimate of drug-likeness (QED) is 0.276. The fraction of sp³-hybridized carbons (Fsp3) is 0.448. The number of ether oxygens (including phenoxy) is 5. The maximum Gasteiger partial charge on any atom is 0.295 e. The summed E-state index contributed by atoms with van der Waals surface area (Å²) >= 11 is 0. The highest BCUT2D eigenvalue weighted by atomic mass is 16.5. The Morgan fingerprint density at radius 2 is 1.62 bits per heavy atom. The lowest BCUT2D eigenvalue weighted by Crippen LogP contribution is -2.39. The van der Waals surface area contributed by atoms with Crippen LogP contribution >= 0.6 is 0 Å². The highest BCUT2D eigenvalue weighted by molar-refractivity contribution is 6.46. The summed E-state index contributed by atoms with van der Waals surface area (Å²) in [7, 11) is 6.06. The molecular formula is C29H36N2O8. The normalized spacial score (nSPS) is 19.3. The van der Waals surface area contributed by atoms with Crippen LogP contribution in [0.3, 0.4) is 0 Å². The summed E-state index contributed by atoms with van der Waals surface area (Å²) in [6.45, 7) is 5.89. The van der Waals surface area contributed by atoms with E-state index < -0.39 is 17.7 Å². The number of aryl methyl sites for hydroxylation is 1. The molecule has 0 aliphatic carbocycles. The number of amides is 1. The Kier molecular flexibility index (Phi) is 8.98. The second kappa shape index (κ2) is 12.4. The van der Waals surface area contributed by atoms with Gasteiger partial charge < -0.3 is 33.7 Å². The number of morpholine rings is 1. The van der Waals surface area contributed by atoms with E-state index in [1.54, 1.807) is 37.4 Å². The average molecular weight is 541 g/mol. The molecule has 0 unspecified atom stereocenters. The molecule has 4 rings (SSSR count). The maximum absolute atomic E-state index is 13.5. The number of likely N-dealkylation sites (tertiary alicyclic amines) is 1. The average Bonchev–Trinajstić information content (AvgIpc) is 3.21. The molecule has 1 amide bonds. The van der Waals surface area contributed by atoms with E-state index in [0.29, 0.717) is 65.9 Å². The summed E-state index contributed by atoms with van der Waals surface area (Å²) in [5.74, 6) is 0.116. The summed E-state index contributed by atoms with van der Waals surface area (Å²) in [5, 5.41) is 11.5. The van der Waals surface area contributed by atoms with Gasteiger partial charge in [0.15, 0.2) is 11.5 Å². The van der Waals surface area contributed by atoms with Crippen molar-refractivity contribution in [1.29, 1.82) is 0 Å². The van der Waals surface area contributed by atoms with E-state index in [-0.39, 0.29) is 11.3 Å². The molecule has 2 heterocycles. The van der Waals surface area contributed by atoms with Crippen LogP contribution in [0.5, 0.6) is 23.0 Å². The second-order valence-corrected chi connectivity index (χ2v) is 9.44.